The van der Waals surface area contributed by atoms with Crippen LogP contribution in [0, 0.1) is 0 Å². The Kier molecular flexibility index (Phi) is 4.66. The lowest BCUT2D eigenvalue weighted by molar-refractivity contribution is -0.132. The van der Waals surface area contributed by atoms with Crippen molar-refractivity contribution in [2.45, 2.75) is 19.5 Å². The van der Waals surface area contributed by atoms with Gasteiger partial charge in [-0.2, -0.15) is 0 Å². The zero-order valence-electron chi connectivity index (χ0n) is 15.0. The van der Waals surface area contributed by atoms with Gasteiger partial charge >= 0.3 is 6.09 Å². The van der Waals surface area contributed by atoms with Crippen molar-refractivity contribution in [2.75, 3.05) is 26.2 Å². The monoisotopic (exact) mass is 367 g/mol. The van der Waals surface area contributed by atoms with Crippen LogP contribution in [0.2, 0.25) is 0 Å². The average Bonchev–Trinajstić information content (AvgIpc) is 3.07. The maximum absolute atomic E-state index is 12.6. The summed E-state index contributed by atoms with van der Waals surface area (Å²) in [5.41, 5.74) is 3.00. The van der Waals surface area contributed by atoms with Crippen LogP contribution in [0.1, 0.15) is 16.7 Å². The molecule has 2 amide bonds. The largest absolute Gasteiger partial charge is 0.448 e. The van der Waals surface area contributed by atoms with Crippen LogP contribution in [0.3, 0.4) is 0 Å². The van der Waals surface area contributed by atoms with Gasteiger partial charge in [0.1, 0.15) is 13.2 Å². The molecule has 1 fully saturated rings. The fourth-order valence-corrected chi connectivity index (χ4v) is 3.52. The lowest BCUT2D eigenvalue weighted by atomic mass is 10.0. The van der Waals surface area contributed by atoms with Crippen molar-refractivity contribution < 1.29 is 14.3 Å². The summed E-state index contributed by atoms with van der Waals surface area (Å²) in [5, 5.41) is 0. The fraction of sp³-hybridized carbons (Fsp3) is 0.350. The average molecular weight is 367 g/mol. The molecule has 4 rings (SSSR count). The molecule has 1 saturated heterocycles. The lowest BCUT2D eigenvalue weighted by Gasteiger charge is -2.30. The number of nitrogens with zero attached hydrogens (tertiary/aromatic N) is 3. The predicted octanol–water partition coefficient (Wildman–Crippen LogP) is 1.23. The maximum Gasteiger partial charge on any atom is 0.410 e. The van der Waals surface area contributed by atoms with E-state index in [4.69, 9.17) is 4.74 Å². The number of fused-ring (bicyclic) bond motifs is 1. The van der Waals surface area contributed by atoms with Gasteiger partial charge < -0.3 is 14.2 Å². The SMILES string of the molecule is O=C(CN1CCOC1=O)N1CCc2cc(=O)n(Cc3ccccc3)cc2C1. The number of ether oxygens (including phenoxy) is 1. The predicted molar refractivity (Wildman–Crippen MR) is 98.3 cm³/mol. The smallest absolute Gasteiger partial charge is 0.410 e. The summed E-state index contributed by atoms with van der Waals surface area (Å²) in [6.07, 6.45) is 2.07. The van der Waals surface area contributed by atoms with E-state index in [1.165, 1.54) is 4.90 Å². The number of amides is 2. The molecule has 0 spiro atoms. The highest BCUT2D eigenvalue weighted by Crippen LogP contribution is 2.18. The van der Waals surface area contributed by atoms with Crippen LogP contribution < -0.4 is 5.56 Å². The minimum atomic E-state index is -0.433. The van der Waals surface area contributed by atoms with E-state index in [-0.39, 0.29) is 18.0 Å². The maximum atomic E-state index is 12.6. The summed E-state index contributed by atoms with van der Waals surface area (Å²) >= 11 is 0. The molecule has 1 aromatic heterocycles. The Labute approximate surface area is 156 Å². The lowest BCUT2D eigenvalue weighted by Crippen LogP contribution is -2.43. The first kappa shape index (κ1) is 17.3. The van der Waals surface area contributed by atoms with E-state index < -0.39 is 6.09 Å². The van der Waals surface area contributed by atoms with Crippen molar-refractivity contribution in [3.63, 3.8) is 0 Å². The van der Waals surface area contributed by atoms with Crippen LogP contribution in [0.25, 0.3) is 0 Å². The van der Waals surface area contributed by atoms with Crippen molar-refractivity contribution in [3.8, 4) is 0 Å². The van der Waals surface area contributed by atoms with Gasteiger partial charge in [0.15, 0.2) is 0 Å². The number of carbonyl (C=O) groups excluding carboxylic acids is 2. The third-order valence-corrected chi connectivity index (χ3v) is 5.04. The van der Waals surface area contributed by atoms with Crippen molar-refractivity contribution in [1.29, 1.82) is 0 Å². The van der Waals surface area contributed by atoms with Crippen molar-refractivity contribution in [1.82, 2.24) is 14.4 Å². The molecule has 0 bridgehead atoms. The fourth-order valence-electron chi connectivity index (χ4n) is 3.52. The summed E-state index contributed by atoms with van der Waals surface area (Å²) < 4.78 is 6.55. The summed E-state index contributed by atoms with van der Waals surface area (Å²) in [6.45, 7) is 2.33. The molecule has 0 atom stereocenters. The van der Waals surface area contributed by atoms with Gasteiger partial charge in [0.2, 0.25) is 5.91 Å². The van der Waals surface area contributed by atoms with E-state index in [0.717, 1.165) is 16.7 Å². The molecule has 0 aliphatic carbocycles. The van der Waals surface area contributed by atoms with E-state index in [1.807, 2.05) is 36.5 Å². The number of rotatable bonds is 4. The molecule has 3 heterocycles. The van der Waals surface area contributed by atoms with Gasteiger partial charge in [-0.15, -0.1) is 0 Å². The molecule has 0 unspecified atom stereocenters. The second kappa shape index (κ2) is 7.26. The van der Waals surface area contributed by atoms with Gasteiger partial charge in [0, 0.05) is 25.4 Å². The summed E-state index contributed by atoms with van der Waals surface area (Å²) in [7, 11) is 0. The number of hydrogen-bond donors (Lipinski definition) is 0. The van der Waals surface area contributed by atoms with Crippen LogP contribution in [0.5, 0.6) is 0 Å². The van der Waals surface area contributed by atoms with Gasteiger partial charge in [-0.1, -0.05) is 30.3 Å². The molecule has 2 aromatic rings. The summed E-state index contributed by atoms with van der Waals surface area (Å²) in [5.74, 6) is -0.0969. The van der Waals surface area contributed by atoms with Gasteiger partial charge in [-0.25, -0.2) is 4.79 Å². The number of hydrogen-bond acceptors (Lipinski definition) is 4. The number of cyclic esters (lactones) is 1. The number of carbonyl (C=O) groups is 2. The zero-order valence-corrected chi connectivity index (χ0v) is 15.0. The molecule has 7 nitrogen and oxygen atoms in total. The molecule has 140 valence electrons. The van der Waals surface area contributed by atoms with Crippen LogP contribution >= 0.6 is 0 Å². The highest BCUT2D eigenvalue weighted by Gasteiger charge is 2.28. The van der Waals surface area contributed by atoms with Crippen LogP contribution in [-0.2, 0) is 29.0 Å². The third-order valence-electron chi connectivity index (χ3n) is 5.04. The normalized spacial score (nSPS) is 16.2. The quantitative estimate of drug-likeness (QED) is 0.815. The van der Waals surface area contributed by atoms with E-state index in [1.54, 1.807) is 15.5 Å². The first-order chi connectivity index (χ1) is 13.1. The van der Waals surface area contributed by atoms with Crippen LogP contribution in [-0.4, -0.2) is 52.6 Å². The molecule has 0 saturated carbocycles. The molecule has 0 radical (unpaired) electrons. The van der Waals surface area contributed by atoms with E-state index in [2.05, 4.69) is 0 Å². The minimum absolute atomic E-state index is 0.0304. The van der Waals surface area contributed by atoms with Gasteiger partial charge in [0.05, 0.1) is 13.1 Å². The first-order valence-electron chi connectivity index (χ1n) is 9.06. The minimum Gasteiger partial charge on any atom is -0.448 e. The standard InChI is InChI=1S/C20H21N3O4/c24-18-10-16-6-7-21(19(25)14-22-8-9-27-20(22)26)12-17(16)13-23(18)11-15-4-2-1-3-5-15/h1-5,10,13H,6-9,11-12,14H2. The van der Waals surface area contributed by atoms with Crippen molar-refractivity contribution >= 4 is 12.0 Å². The third kappa shape index (κ3) is 3.72. The van der Waals surface area contributed by atoms with Crippen LogP contribution in [0.4, 0.5) is 4.79 Å². The molecule has 7 heteroatoms. The van der Waals surface area contributed by atoms with E-state index >= 15 is 0 Å². The van der Waals surface area contributed by atoms with Crippen molar-refractivity contribution in [3.05, 3.63) is 69.6 Å². The first-order valence-corrected chi connectivity index (χ1v) is 9.06. The molecule has 2 aliphatic rings. The number of aromatic nitrogens is 1. The second-order valence-electron chi connectivity index (χ2n) is 6.88. The second-order valence-corrected chi connectivity index (χ2v) is 6.88. The topological polar surface area (TPSA) is 71.8 Å². The Balaban J connectivity index is 1.49. The van der Waals surface area contributed by atoms with E-state index in [0.29, 0.717) is 39.2 Å². The Hall–Kier alpha value is -3.09. The van der Waals surface area contributed by atoms with Gasteiger partial charge in [-0.3, -0.25) is 14.5 Å². The molecule has 2 aliphatic heterocycles. The van der Waals surface area contributed by atoms with Gasteiger partial charge in [0.25, 0.3) is 5.56 Å². The summed E-state index contributed by atoms with van der Waals surface area (Å²) in [6, 6.07) is 11.5. The number of benzene rings is 1. The number of pyridine rings is 1. The molecule has 27 heavy (non-hydrogen) atoms. The Morgan fingerprint density at radius 1 is 1.07 bits per heavy atom. The molecule has 1 aromatic carbocycles. The summed E-state index contributed by atoms with van der Waals surface area (Å²) in [4.78, 5) is 39.7. The van der Waals surface area contributed by atoms with E-state index in [9.17, 15) is 14.4 Å². The molecular weight excluding hydrogens is 346 g/mol. The molecule has 0 N–H and O–H groups in total. The van der Waals surface area contributed by atoms with Gasteiger partial charge in [-0.05, 0) is 23.1 Å². The Morgan fingerprint density at radius 2 is 1.89 bits per heavy atom. The van der Waals surface area contributed by atoms with Crippen LogP contribution in [0.15, 0.2) is 47.4 Å². The highest BCUT2D eigenvalue weighted by atomic mass is 16.6. The molecular formula is C20H21N3O4. The highest BCUT2D eigenvalue weighted by molar-refractivity contribution is 5.83. The zero-order chi connectivity index (χ0) is 18.8. The van der Waals surface area contributed by atoms with Crippen molar-refractivity contribution in [2.24, 2.45) is 0 Å². The Bertz CT molecular complexity index is 923. The Morgan fingerprint density at radius 3 is 2.63 bits per heavy atom.